The van der Waals surface area contributed by atoms with E-state index in [0.29, 0.717) is 24.0 Å². The van der Waals surface area contributed by atoms with Crippen LogP contribution in [0, 0.1) is 5.92 Å². The average molecular weight is 467 g/mol. The van der Waals surface area contributed by atoms with Crippen molar-refractivity contribution in [3.63, 3.8) is 0 Å². The van der Waals surface area contributed by atoms with Gasteiger partial charge in [-0.3, -0.25) is 4.79 Å². The number of pyridine rings is 1. The number of carbonyl (C=O) groups excluding carboxylic acids is 1. The van der Waals surface area contributed by atoms with E-state index in [4.69, 9.17) is 4.74 Å². The molecule has 0 unspecified atom stereocenters. The molecule has 1 saturated carbocycles. The van der Waals surface area contributed by atoms with Crippen molar-refractivity contribution < 1.29 is 9.53 Å². The number of hydrogen-bond donors (Lipinski definition) is 2. The molecular weight excluding hydrogens is 435 g/mol. The predicted molar refractivity (Wildman–Crippen MR) is 129 cm³/mol. The van der Waals surface area contributed by atoms with Gasteiger partial charge < -0.3 is 20.3 Å². The number of hydrogen-bond acceptors (Lipinski definition) is 5. The number of rotatable bonds is 8. The molecule has 2 aromatic rings. The average Bonchev–Trinajstić information content (AvgIpc) is 3.59. The van der Waals surface area contributed by atoms with Crippen molar-refractivity contribution in [3.8, 4) is 5.75 Å². The molecule has 2 aliphatic rings. The van der Waals surface area contributed by atoms with Crippen LogP contribution in [0.1, 0.15) is 43.0 Å². The molecule has 2 N–H and O–H groups in total. The summed E-state index contributed by atoms with van der Waals surface area (Å²) in [5.41, 5.74) is 1.50. The highest BCUT2D eigenvalue weighted by Crippen LogP contribution is 2.28. The van der Waals surface area contributed by atoms with Crippen LogP contribution in [0.4, 0.5) is 11.5 Å². The number of carbonyl (C=O) groups is 1. The highest BCUT2D eigenvalue weighted by molar-refractivity contribution is 5.99. The van der Waals surface area contributed by atoms with Crippen LogP contribution in [0.3, 0.4) is 0 Å². The number of benzene rings is 1. The molecule has 0 atom stereocenters. The first-order valence-electron chi connectivity index (χ1n) is 10.7. The molecule has 1 aromatic carbocycles. The molecule has 1 amide bonds. The first kappa shape index (κ1) is 25.2. The summed E-state index contributed by atoms with van der Waals surface area (Å²) in [6.07, 6.45) is 6.48. The van der Waals surface area contributed by atoms with E-state index in [2.05, 4.69) is 15.6 Å². The lowest BCUT2D eigenvalue weighted by molar-refractivity contribution is 0.0705. The number of aromatic nitrogens is 1. The molecule has 0 bridgehead atoms. The summed E-state index contributed by atoms with van der Waals surface area (Å²) in [6.45, 7) is 5.32. The molecule has 1 aliphatic carbocycles. The summed E-state index contributed by atoms with van der Waals surface area (Å²) in [6, 6.07) is 11.9. The zero-order chi connectivity index (χ0) is 20.1. The number of ether oxygens (including phenoxy) is 1. The van der Waals surface area contributed by atoms with Gasteiger partial charge in [0.05, 0.1) is 12.2 Å². The molecule has 2 fully saturated rings. The molecular formula is C23H32Cl2N4O2. The fourth-order valence-corrected chi connectivity index (χ4v) is 3.73. The van der Waals surface area contributed by atoms with Gasteiger partial charge in [-0.15, -0.1) is 24.8 Å². The Morgan fingerprint density at radius 2 is 1.81 bits per heavy atom. The largest absolute Gasteiger partial charge is 0.494 e. The maximum Gasteiger partial charge on any atom is 0.257 e. The molecule has 1 aromatic heterocycles. The molecule has 6 nitrogen and oxygen atoms in total. The van der Waals surface area contributed by atoms with Gasteiger partial charge in [-0.1, -0.05) is 0 Å². The summed E-state index contributed by atoms with van der Waals surface area (Å²) >= 11 is 0. The maximum absolute atomic E-state index is 13.1. The Bertz CT molecular complexity index is 823. The number of nitrogens with zero attached hydrogens (tertiary/aromatic N) is 2. The van der Waals surface area contributed by atoms with Gasteiger partial charge in [-0.05, 0) is 81.5 Å². The van der Waals surface area contributed by atoms with Crippen LogP contribution in [0.25, 0.3) is 0 Å². The molecule has 0 spiro atoms. The van der Waals surface area contributed by atoms with Crippen molar-refractivity contribution in [2.75, 3.05) is 31.6 Å². The van der Waals surface area contributed by atoms with Crippen LogP contribution in [-0.4, -0.2) is 48.1 Å². The van der Waals surface area contributed by atoms with Crippen LogP contribution in [0.2, 0.25) is 0 Å². The lowest BCUT2D eigenvalue weighted by Crippen LogP contribution is -2.45. The number of piperidine rings is 1. The number of likely N-dealkylation sites (tertiary alicyclic amines) is 1. The number of amides is 1. The van der Waals surface area contributed by atoms with E-state index in [1.165, 1.54) is 12.8 Å². The second kappa shape index (κ2) is 12.1. The maximum atomic E-state index is 13.1. The van der Waals surface area contributed by atoms with Crippen LogP contribution in [0.15, 0.2) is 42.6 Å². The summed E-state index contributed by atoms with van der Waals surface area (Å²) in [5.74, 6) is 2.36. The standard InChI is InChI=1S/C23H30N4O2.2ClH/c1-2-29-20-9-7-19(8-10-20)26-22-21(4-3-13-24-22)23(28)27-14-11-18(12-15-27)25-16-17-5-6-17;;/h3-4,7-10,13,17-18,25H,2,5-6,11-12,14-16H2,1H3,(H,24,26);2*1H. The van der Waals surface area contributed by atoms with Crippen molar-refractivity contribution in [1.29, 1.82) is 0 Å². The van der Waals surface area contributed by atoms with Gasteiger partial charge in [0.2, 0.25) is 0 Å². The van der Waals surface area contributed by atoms with E-state index in [1.54, 1.807) is 6.20 Å². The van der Waals surface area contributed by atoms with E-state index < -0.39 is 0 Å². The summed E-state index contributed by atoms with van der Waals surface area (Å²) in [5, 5.41) is 6.95. The second-order valence-electron chi connectivity index (χ2n) is 7.90. The molecule has 170 valence electrons. The highest BCUT2D eigenvalue weighted by atomic mass is 35.5. The minimum absolute atomic E-state index is 0. The van der Waals surface area contributed by atoms with Crippen LogP contribution >= 0.6 is 24.8 Å². The van der Waals surface area contributed by atoms with Crippen LogP contribution in [-0.2, 0) is 0 Å². The van der Waals surface area contributed by atoms with Gasteiger partial charge in [-0.25, -0.2) is 4.98 Å². The van der Waals surface area contributed by atoms with Gasteiger partial charge in [0, 0.05) is 31.0 Å². The monoisotopic (exact) mass is 466 g/mol. The van der Waals surface area contributed by atoms with E-state index in [1.807, 2.05) is 48.2 Å². The molecule has 1 aliphatic heterocycles. The van der Waals surface area contributed by atoms with E-state index in [-0.39, 0.29) is 30.7 Å². The normalized spacial score (nSPS) is 16.1. The van der Waals surface area contributed by atoms with Gasteiger partial charge in [0.25, 0.3) is 5.91 Å². The first-order chi connectivity index (χ1) is 14.2. The van der Waals surface area contributed by atoms with E-state index >= 15 is 0 Å². The second-order valence-corrected chi connectivity index (χ2v) is 7.90. The molecule has 4 rings (SSSR count). The molecule has 1 saturated heterocycles. The lowest BCUT2D eigenvalue weighted by Gasteiger charge is -2.33. The third-order valence-corrected chi connectivity index (χ3v) is 5.64. The summed E-state index contributed by atoms with van der Waals surface area (Å²) in [4.78, 5) is 19.5. The quantitative estimate of drug-likeness (QED) is 0.591. The summed E-state index contributed by atoms with van der Waals surface area (Å²) < 4.78 is 5.49. The number of nitrogens with one attached hydrogen (secondary N) is 2. The van der Waals surface area contributed by atoms with Crippen LogP contribution < -0.4 is 15.4 Å². The molecule has 0 radical (unpaired) electrons. The minimum atomic E-state index is 0. The minimum Gasteiger partial charge on any atom is -0.494 e. The highest BCUT2D eigenvalue weighted by Gasteiger charge is 2.27. The molecule has 8 heteroatoms. The van der Waals surface area contributed by atoms with E-state index in [0.717, 1.165) is 49.8 Å². The zero-order valence-electron chi connectivity index (χ0n) is 17.9. The van der Waals surface area contributed by atoms with Gasteiger partial charge >= 0.3 is 0 Å². The fraction of sp³-hybridized carbons (Fsp3) is 0.478. The van der Waals surface area contributed by atoms with Crippen molar-refractivity contribution in [3.05, 3.63) is 48.2 Å². The Kier molecular flexibility index (Phi) is 9.88. The van der Waals surface area contributed by atoms with Gasteiger partial charge in [-0.2, -0.15) is 0 Å². The Hall–Kier alpha value is -2.02. The molecule has 2 heterocycles. The van der Waals surface area contributed by atoms with Crippen molar-refractivity contribution in [2.45, 2.75) is 38.6 Å². The third kappa shape index (κ3) is 6.99. The zero-order valence-corrected chi connectivity index (χ0v) is 19.5. The van der Waals surface area contributed by atoms with Crippen molar-refractivity contribution in [2.24, 2.45) is 5.92 Å². The first-order valence-corrected chi connectivity index (χ1v) is 10.7. The summed E-state index contributed by atoms with van der Waals surface area (Å²) in [7, 11) is 0. The Morgan fingerprint density at radius 1 is 1.10 bits per heavy atom. The lowest BCUT2D eigenvalue weighted by atomic mass is 10.0. The number of anilines is 2. The molecule has 31 heavy (non-hydrogen) atoms. The number of halogens is 2. The Labute approximate surface area is 197 Å². The third-order valence-electron chi connectivity index (χ3n) is 5.64. The van der Waals surface area contributed by atoms with Gasteiger partial charge in [0.15, 0.2) is 0 Å². The Balaban J connectivity index is 0.00000171. The smallest absolute Gasteiger partial charge is 0.257 e. The van der Waals surface area contributed by atoms with Crippen molar-refractivity contribution >= 4 is 42.2 Å². The predicted octanol–water partition coefficient (Wildman–Crippen LogP) is 4.67. The fourth-order valence-electron chi connectivity index (χ4n) is 3.73. The van der Waals surface area contributed by atoms with Gasteiger partial charge in [0.1, 0.15) is 11.6 Å². The van der Waals surface area contributed by atoms with Crippen molar-refractivity contribution in [1.82, 2.24) is 15.2 Å². The topological polar surface area (TPSA) is 66.5 Å². The van der Waals surface area contributed by atoms with E-state index in [9.17, 15) is 4.79 Å². The Morgan fingerprint density at radius 3 is 2.45 bits per heavy atom. The van der Waals surface area contributed by atoms with Crippen LogP contribution in [0.5, 0.6) is 5.75 Å². The SMILES string of the molecule is CCOc1ccc(Nc2ncccc2C(=O)N2CCC(NCC3CC3)CC2)cc1.Cl.Cl.